The van der Waals surface area contributed by atoms with Gasteiger partial charge in [0, 0.05) is 36.1 Å². The van der Waals surface area contributed by atoms with Crippen LogP contribution in [0.3, 0.4) is 0 Å². The lowest BCUT2D eigenvalue weighted by Gasteiger charge is -2.24. The van der Waals surface area contributed by atoms with Gasteiger partial charge in [-0.15, -0.1) is 0 Å². The zero-order valence-corrected chi connectivity index (χ0v) is 19.6. The molecule has 3 heterocycles. The first-order chi connectivity index (χ1) is 17.5. The molecule has 0 atom stereocenters. The molecule has 0 radical (unpaired) electrons. The standard InChI is InChI=1S/C25H18FN5O4S/c1-34-25-22(8-9-24(30-25)35-20-5-3-19(26)4-6-20)31(23-11-13-28-16-29-23)36(32,33)21-7-2-18-15-27-12-10-17(18)14-21/h2-16H,1H3. The van der Waals surface area contributed by atoms with Gasteiger partial charge >= 0.3 is 0 Å². The molecular weight excluding hydrogens is 485 g/mol. The first-order valence-corrected chi connectivity index (χ1v) is 12.0. The van der Waals surface area contributed by atoms with E-state index in [-0.39, 0.29) is 28.2 Å². The van der Waals surface area contributed by atoms with Gasteiger partial charge in [-0.1, -0.05) is 6.07 Å². The number of hydrogen-bond acceptors (Lipinski definition) is 8. The van der Waals surface area contributed by atoms with Crippen LogP contribution in [-0.2, 0) is 10.0 Å². The van der Waals surface area contributed by atoms with E-state index in [0.29, 0.717) is 11.1 Å². The largest absolute Gasteiger partial charge is 0.479 e. The number of halogens is 1. The zero-order chi connectivity index (χ0) is 25.1. The fourth-order valence-electron chi connectivity index (χ4n) is 3.51. The number of hydrogen-bond donors (Lipinski definition) is 0. The van der Waals surface area contributed by atoms with Gasteiger partial charge in [0.15, 0.2) is 5.82 Å². The highest BCUT2D eigenvalue weighted by molar-refractivity contribution is 7.93. The number of fused-ring (bicyclic) bond motifs is 1. The van der Waals surface area contributed by atoms with Gasteiger partial charge in [0.25, 0.3) is 10.0 Å². The molecule has 0 saturated heterocycles. The summed E-state index contributed by atoms with van der Waals surface area (Å²) in [5.74, 6) is 0.137. The highest BCUT2D eigenvalue weighted by atomic mass is 32.2. The van der Waals surface area contributed by atoms with Crippen molar-refractivity contribution in [3.63, 3.8) is 0 Å². The van der Waals surface area contributed by atoms with Crippen LogP contribution in [0.5, 0.6) is 17.5 Å². The van der Waals surface area contributed by atoms with Crippen molar-refractivity contribution >= 4 is 32.3 Å². The molecule has 9 nitrogen and oxygen atoms in total. The second-order valence-corrected chi connectivity index (χ2v) is 9.24. The highest BCUT2D eigenvalue weighted by Crippen LogP contribution is 2.38. The fraction of sp³-hybridized carbons (Fsp3) is 0.0400. The number of anilines is 2. The first-order valence-electron chi connectivity index (χ1n) is 10.6. The summed E-state index contributed by atoms with van der Waals surface area (Å²) in [7, 11) is -2.83. The SMILES string of the molecule is COc1nc(Oc2ccc(F)cc2)ccc1N(c1ccncn1)S(=O)(=O)c1ccc2cnccc2c1. The van der Waals surface area contributed by atoms with Gasteiger partial charge in [-0.25, -0.2) is 27.1 Å². The summed E-state index contributed by atoms with van der Waals surface area (Å²) in [6.07, 6.45) is 5.92. The van der Waals surface area contributed by atoms with Crippen LogP contribution in [0.25, 0.3) is 10.8 Å². The maximum atomic E-state index is 14.0. The van der Waals surface area contributed by atoms with Crippen molar-refractivity contribution in [2.24, 2.45) is 0 Å². The van der Waals surface area contributed by atoms with E-state index in [4.69, 9.17) is 9.47 Å². The molecule has 11 heteroatoms. The van der Waals surface area contributed by atoms with E-state index in [1.807, 2.05) is 0 Å². The van der Waals surface area contributed by atoms with E-state index in [9.17, 15) is 12.8 Å². The minimum atomic E-state index is -4.19. The predicted molar refractivity (Wildman–Crippen MR) is 130 cm³/mol. The summed E-state index contributed by atoms with van der Waals surface area (Å²) in [5.41, 5.74) is 0.109. The smallest absolute Gasteiger partial charge is 0.270 e. The Kier molecular flexibility index (Phi) is 6.13. The number of methoxy groups -OCH3 is 1. The van der Waals surface area contributed by atoms with Crippen LogP contribution in [0.4, 0.5) is 15.9 Å². The molecular formula is C25H18FN5O4S. The molecule has 2 aromatic carbocycles. The van der Waals surface area contributed by atoms with Gasteiger partial charge in [0.2, 0.25) is 11.8 Å². The van der Waals surface area contributed by atoms with Crippen molar-refractivity contribution in [3.8, 4) is 17.5 Å². The molecule has 0 unspecified atom stereocenters. The lowest BCUT2D eigenvalue weighted by atomic mass is 10.2. The van der Waals surface area contributed by atoms with Gasteiger partial charge < -0.3 is 9.47 Å². The van der Waals surface area contributed by atoms with Crippen LogP contribution >= 0.6 is 0 Å². The van der Waals surface area contributed by atoms with Crippen LogP contribution < -0.4 is 13.8 Å². The maximum absolute atomic E-state index is 14.0. The van der Waals surface area contributed by atoms with Crippen LogP contribution in [-0.4, -0.2) is 35.5 Å². The second-order valence-electron chi connectivity index (χ2n) is 7.46. The lowest BCUT2D eigenvalue weighted by Crippen LogP contribution is -2.27. The van der Waals surface area contributed by atoms with Crippen molar-refractivity contribution in [3.05, 3.63) is 97.5 Å². The van der Waals surface area contributed by atoms with Gasteiger partial charge in [-0.2, -0.15) is 4.98 Å². The van der Waals surface area contributed by atoms with Crippen molar-refractivity contribution < 1.29 is 22.3 Å². The molecule has 0 aliphatic carbocycles. The van der Waals surface area contributed by atoms with Gasteiger partial charge in [-0.05, 0) is 53.9 Å². The number of rotatable bonds is 7. The summed E-state index contributed by atoms with van der Waals surface area (Å²) < 4.78 is 53.3. The lowest BCUT2D eigenvalue weighted by molar-refractivity contribution is 0.384. The van der Waals surface area contributed by atoms with Crippen molar-refractivity contribution in [2.45, 2.75) is 4.90 Å². The summed E-state index contributed by atoms with van der Waals surface area (Å²) in [5, 5.41) is 1.51. The Morgan fingerprint density at radius 3 is 2.44 bits per heavy atom. The second kappa shape index (κ2) is 9.55. The van der Waals surface area contributed by atoms with E-state index >= 15 is 0 Å². The molecule has 3 aromatic heterocycles. The summed E-state index contributed by atoms with van der Waals surface area (Å²) in [4.78, 5) is 16.5. The Labute approximate surface area is 205 Å². The molecule has 0 aliphatic rings. The molecule has 0 spiro atoms. The Bertz CT molecular complexity index is 1630. The van der Waals surface area contributed by atoms with Crippen molar-refractivity contribution in [1.29, 1.82) is 0 Å². The number of sulfonamides is 1. The molecule has 0 amide bonds. The molecule has 0 bridgehead atoms. The Balaban J connectivity index is 1.61. The summed E-state index contributed by atoms with van der Waals surface area (Å²) in [6, 6.07) is 16.3. The van der Waals surface area contributed by atoms with E-state index in [2.05, 4.69) is 19.9 Å². The average Bonchev–Trinajstić information content (AvgIpc) is 2.91. The molecule has 0 fully saturated rings. The molecule has 5 rings (SSSR count). The summed E-state index contributed by atoms with van der Waals surface area (Å²) >= 11 is 0. The molecule has 0 N–H and O–H groups in total. The number of ether oxygens (including phenoxy) is 2. The Morgan fingerprint density at radius 2 is 1.69 bits per heavy atom. The van der Waals surface area contributed by atoms with E-state index < -0.39 is 15.8 Å². The van der Waals surface area contributed by atoms with Crippen molar-refractivity contribution in [2.75, 3.05) is 11.4 Å². The van der Waals surface area contributed by atoms with Crippen molar-refractivity contribution in [1.82, 2.24) is 19.9 Å². The number of pyridine rings is 2. The van der Waals surface area contributed by atoms with Crippen LogP contribution in [0.15, 0.2) is 96.5 Å². The van der Waals surface area contributed by atoms with Gasteiger partial charge in [0.05, 0.1) is 12.0 Å². The summed E-state index contributed by atoms with van der Waals surface area (Å²) in [6.45, 7) is 0. The predicted octanol–water partition coefficient (Wildman–Crippen LogP) is 4.89. The van der Waals surface area contributed by atoms with Crippen LogP contribution in [0.1, 0.15) is 0 Å². The van der Waals surface area contributed by atoms with Crippen LogP contribution in [0, 0.1) is 5.82 Å². The van der Waals surface area contributed by atoms with Gasteiger partial charge in [-0.3, -0.25) is 4.98 Å². The Hall–Kier alpha value is -4.64. The first kappa shape index (κ1) is 23.1. The normalized spacial score (nSPS) is 11.3. The topological polar surface area (TPSA) is 107 Å². The van der Waals surface area contributed by atoms with Gasteiger partial charge in [0.1, 0.15) is 23.6 Å². The Morgan fingerprint density at radius 1 is 0.889 bits per heavy atom. The van der Waals surface area contributed by atoms with E-state index in [1.165, 1.54) is 68.2 Å². The molecule has 180 valence electrons. The number of aromatic nitrogens is 4. The zero-order valence-electron chi connectivity index (χ0n) is 18.8. The minimum Gasteiger partial charge on any atom is -0.479 e. The van der Waals surface area contributed by atoms with Crippen LogP contribution in [0.2, 0.25) is 0 Å². The quantitative estimate of drug-likeness (QED) is 0.309. The third kappa shape index (κ3) is 4.51. The van der Waals surface area contributed by atoms with E-state index in [0.717, 1.165) is 9.69 Å². The third-order valence-electron chi connectivity index (χ3n) is 5.19. The third-order valence-corrected chi connectivity index (χ3v) is 6.90. The maximum Gasteiger partial charge on any atom is 0.270 e. The molecule has 0 saturated carbocycles. The molecule has 36 heavy (non-hydrogen) atoms. The molecule has 5 aromatic rings. The number of nitrogens with zero attached hydrogens (tertiary/aromatic N) is 5. The monoisotopic (exact) mass is 503 g/mol. The minimum absolute atomic E-state index is 0.0261. The van der Waals surface area contributed by atoms with E-state index in [1.54, 1.807) is 30.6 Å². The molecule has 0 aliphatic heterocycles. The fourth-order valence-corrected chi connectivity index (χ4v) is 4.99. The highest BCUT2D eigenvalue weighted by Gasteiger charge is 2.31. The number of benzene rings is 2. The average molecular weight is 504 g/mol.